The quantitative estimate of drug-likeness (QED) is 0.740. The highest BCUT2D eigenvalue weighted by molar-refractivity contribution is 5.41. The Hall–Kier alpha value is -1.03. The molecular formula is C13H15F3O. The molecule has 1 unspecified atom stereocenters. The van der Waals surface area contributed by atoms with Crippen molar-refractivity contribution in [1.29, 1.82) is 0 Å². The van der Waals surface area contributed by atoms with Gasteiger partial charge in [-0.1, -0.05) is 38.1 Å². The second kappa shape index (κ2) is 3.48. The Kier molecular flexibility index (Phi) is 2.54. The summed E-state index contributed by atoms with van der Waals surface area (Å²) in [5.74, 6) is 0. The van der Waals surface area contributed by atoms with Crippen molar-refractivity contribution in [3.63, 3.8) is 0 Å². The van der Waals surface area contributed by atoms with Crippen LogP contribution in [0.5, 0.6) is 0 Å². The van der Waals surface area contributed by atoms with Gasteiger partial charge < -0.3 is 5.11 Å². The van der Waals surface area contributed by atoms with E-state index in [2.05, 4.69) is 0 Å². The van der Waals surface area contributed by atoms with E-state index in [1.54, 1.807) is 12.1 Å². The normalized spacial score (nSPS) is 27.6. The predicted molar refractivity (Wildman–Crippen MR) is 58.7 cm³/mol. The van der Waals surface area contributed by atoms with E-state index in [4.69, 9.17) is 0 Å². The lowest BCUT2D eigenvalue weighted by molar-refractivity contribution is -0.273. The zero-order valence-electron chi connectivity index (χ0n) is 9.80. The zero-order chi connectivity index (χ0) is 12.9. The van der Waals surface area contributed by atoms with Gasteiger partial charge >= 0.3 is 6.18 Å². The van der Waals surface area contributed by atoms with Gasteiger partial charge in [0.05, 0.1) is 0 Å². The lowest BCUT2D eigenvalue weighted by Gasteiger charge is -2.42. The summed E-state index contributed by atoms with van der Waals surface area (Å²) in [6.07, 6.45) is -4.58. The molecule has 1 aromatic carbocycles. The Balaban J connectivity index is 2.64. The summed E-state index contributed by atoms with van der Waals surface area (Å²) in [5, 5.41) is 9.97. The van der Waals surface area contributed by atoms with E-state index >= 15 is 0 Å². The monoisotopic (exact) mass is 244 g/mol. The van der Waals surface area contributed by atoms with Crippen LogP contribution in [0.4, 0.5) is 13.2 Å². The maximum absolute atomic E-state index is 13.0. The zero-order valence-corrected chi connectivity index (χ0v) is 9.80. The molecule has 1 N–H and O–H groups in total. The molecule has 1 aromatic rings. The van der Waals surface area contributed by atoms with Crippen LogP contribution in [0, 0.1) is 0 Å². The minimum absolute atomic E-state index is 0.00347. The fraction of sp³-hybridized carbons (Fsp3) is 0.538. The van der Waals surface area contributed by atoms with E-state index in [-0.39, 0.29) is 17.4 Å². The van der Waals surface area contributed by atoms with Crippen LogP contribution in [-0.2, 0) is 11.0 Å². The van der Waals surface area contributed by atoms with Gasteiger partial charge in [-0.05, 0) is 29.4 Å². The van der Waals surface area contributed by atoms with Crippen LogP contribution in [0.15, 0.2) is 24.3 Å². The van der Waals surface area contributed by atoms with Crippen LogP contribution < -0.4 is 0 Å². The Morgan fingerprint density at radius 1 is 1.06 bits per heavy atom. The molecule has 0 saturated heterocycles. The lowest BCUT2D eigenvalue weighted by Crippen LogP contribution is -2.47. The van der Waals surface area contributed by atoms with Gasteiger partial charge in [-0.15, -0.1) is 0 Å². The lowest BCUT2D eigenvalue weighted by atomic mass is 9.66. The van der Waals surface area contributed by atoms with Gasteiger partial charge in [-0.2, -0.15) is 13.2 Å². The van der Waals surface area contributed by atoms with E-state index in [9.17, 15) is 18.3 Å². The summed E-state index contributed by atoms with van der Waals surface area (Å²) in [4.78, 5) is 0. The smallest absolute Gasteiger partial charge is 0.376 e. The third-order valence-corrected chi connectivity index (χ3v) is 3.68. The Morgan fingerprint density at radius 3 is 2.12 bits per heavy atom. The van der Waals surface area contributed by atoms with Crippen LogP contribution in [0.2, 0.25) is 0 Å². The summed E-state index contributed by atoms with van der Waals surface area (Å²) in [6.45, 7) is 3.81. The van der Waals surface area contributed by atoms with Crippen LogP contribution >= 0.6 is 0 Å². The van der Waals surface area contributed by atoms with Gasteiger partial charge in [0.2, 0.25) is 0 Å². The molecule has 1 aliphatic rings. The molecule has 0 radical (unpaired) electrons. The molecule has 0 heterocycles. The number of halogens is 3. The summed E-state index contributed by atoms with van der Waals surface area (Å²) < 4.78 is 39.0. The molecule has 2 rings (SSSR count). The third-order valence-electron chi connectivity index (χ3n) is 3.68. The van der Waals surface area contributed by atoms with Crippen molar-refractivity contribution < 1.29 is 18.3 Å². The summed E-state index contributed by atoms with van der Waals surface area (Å²) in [7, 11) is 0. The van der Waals surface area contributed by atoms with Crippen molar-refractivity contribution >= 4 is 0 Å². The van der Waals surface area contributed by atoms with Crippen molar-refractivity contribution in [3.05, 3.63) is 35.4 Å². The van der Waals surface area contributed by atoms with E-state index in [1.165, 1.54) is 12.1 Å². The van der Waals surface area contributed by atoms with Gasteiger partial charge in [-0.3, -0.25) is 0 Å². The van der Waals surface area contributed by atoms with Crippen LogP contribution in [0.25, 0.3) is 0 Å². The van der Waals surface area contributed by atoms with Gasteiger partial charge in [0.15, 0.2) is 5.60 Å². The highest BCUT2D eigenvalue weighted by Gasteiger charge is 2.58. The van der Waals surface area contributed by atoms with Gasteiger partial charge in [0.1, 0.15) is 0 Å². The summed E-state index contributed by atoms with van der Waals surface area (Å²) in [6, 6.07) is 6.30. The standard InChI is InChI=1S/C13H15F3O/c1-11(2)7-8-12(17,13(14,15)16)10-6-4-3-5-9(10)11/h3-6,17H,7-8H2,1-2H3. The molecular weight excluding hydrogens is 229 g/mol. The maximum Gasteiger partial charge on any atom is 0.421 e. The second-order valence-corrected chi connectivity index (χ2v) is 5.29. The van der Waals surface area contributed by atoms with E-state index in [1.807, 2.05) is 13.8 Å². The van der Waals surface area contributed by atoms with E-state index in [0.717, 1.165) is 0 Å². The molecule has 0 amide bonds. The molecule has 1 atom stereocenters. The first kappa shape index (κ1) is 12.4. The van der Waals surface area contributed by atoms with Gasteiger partial charge in [0, 0.05) is 0 Å². The first-order chi connectivity index (χ1) is 7.68. The Bertz CT molecular complexity index is 437. The average molecular weight is 244 g/mol. The topological polar surface area (TPSA) is 20.2 Å². The molecule has 17 heavy (non-hydrogen) atoms. The van der Waals surface area contributed by atoms with Gasteiger partial charge in [0.25, 0.3) is 0 Å². The highest BCUT2D eigenvalue weighted by Crippen LogP contribution is 2.51. The first-order valence-electron chi connectivity index (χ1n) is 5.58. The molecule has 0 aromatic heterocycles. The number of fused-ring (bicyclic) bond motifs is 1. The molecule has 1 nitrogen and oxygen atoms in total. The van der Waals surface area contributed by atoms with Crippen LogP contribution in [0.1, 0.15) is 37.8 Å². The van der Waals surface area contributed by atoms with Crippen molar-refractivity contribution in [2.75, 3.05) is 0 Å². The number of rotatable bonds is 0. The molecule has 0 saturated carbocycles. The molecule has 0 fully saturated rings. The number of hydrogen-bond donors (Lipinski definition) is 1. The molecule has 4 heteroatoms. The second-order valence-electron chi connectivity index (χ2n) is 5.29. The predicted octanol–water partition coefficient (Wildman–Crippen LogP) is 3.51. The fourth-order valence-corrected chi connectivity index (χ4v) is 2.49. The largest absolute Gasteiger partial charge is 0.421 e. The number of benzene rings is 1. The van der Waals surface area contributed by atoms with Crippen LogP contribution in [-0.4, -0.2) is 11.3 Å². The van der Waals surface area contributed by atoms with Crippen molar-refractivity contribution in [2.45, 2.75) is 43.9 Å². The number of hydrogen-bond acceptors (Lipinski definition) is 1. The maximum atomic E-state index is 13.0. The average Bonchev–Trinajstić information content (AvgIpc) is 2.23. The molecule has 0 aliphatic heterocycles. The van der Waals surface area contributed by atoms with Crippen LogP contribution in [0.3, 0.4) is 0 Å². The Labute approximate surface area is 98.3 Å². The van der Waals surface area contributed by atoms with Crippen molar-refractivity contribution in [2.24, 2.45) is 0 Å². The van der Waals surface area contributed by atoms with Crippen molar-refractivity contribution in [1.82, 2.24) is 0 Å². The first-order valence-corrected chi connectivity index (χ1v) is 5.58. The molecule has 94 valence electrons. The molecule has 1 aliphatic carbocycles. The minimum Gasteiger partial charge on any atom is -0.376 e. The SMILES string of the molecule is CC1(C)CCC(O)(C(F)(F)F)c2ccccc21. The van der Waals surface area contributed by atoms with E-state index < -0.39 is 11.8 Å². The third kappa shape index (κ3) is 1.75. The minimum atomic E-state index is -4.63. The highest BCUT2D eigenvalue weighted by atomic mass is 19.4. The Morgan fingerprint density at radius 2 is 1.59 bits per heavy atom. The summed E-state index contributed by atoms with van der Waals surface area (Å²) in [5.41, 5.74) is -2.43. The number of aliphatic hydroxyl groups is 1. The molecule has 0 spiro atoms. The summed E-state index contributed by atoms with van der Waals surface area (Å²) >= 11 is 0. The van der Waals surface area contributed by atoms with Gasteiger partial charge in [-0.25, -0.2) is 0 Å². The number of alkyl halides is 3. The van der Waals surface area contributed by atoms with Crippen molar-refractivity contribution in [3.8, 4) is 0 Å². The molecule has 0 bridgehead atoms. The fourth-order valence-electron chi connectivity index (χ4n) is 2.49. The van der Waals surface area contributed by atoms with E-state index in [0.29, 0.717) is 12.0 Å².